The molecule has 0 fully saturated rings. The molecule has 0 N–H and O–H groups in total. The van der Waals surface area contributed by atoms with Gasteiger partial charge in [0, 0.05) is 10.0 Å². The number of thiazole rings is 1. The van der Waals surface area contributed by atoms with E-state index in [1.165, 1.54) is 16.3 Å². The average molecular weight is 494 g/mol. The molecule has 0 aliphatic carbocycles. The first-order chi connectivity index (χ1) is 15.0. The Morgan fingerprint density at radius 2 is 1.87 bits per heavy atom. The van der Waals surface area contributed by atoms with Gasteiger partial charge in [-0.3, -0.25) is 4.79 Å². The predicted octanol–water partition coefficient (Wildman–Crippen LogP) is 6.45. The molecule has 0 aliphatic rings. The summed E-state index contributed by atoms with van der Waals surface area (Å²) in [6.45, 7) is 4.59. The highest BCUT2D eigenvalue weighted by atomic mass is 79.9. The zero-order valence-corrected chi connectivity index (χ0v) is 19.5. The van der Waals surface area contributed by atoms with Crippen LogP contribution in [-0.2, 0) is 0 Å². The number of hydrazone groups is 1. The second kappa shape index (κ2) is 9.41. The van der Waals surface area contributed by atoms with E-state index in [-0.39, 0.29) is 5.91 Å². The van der Waals surface area contributed by atoms with Gasteiger partial charge in [0.05, 0.1) is 23.0 Å². The van der Waals surface area contributed by atoms with Crippen LogP contribution in [0.1, 0.15) is 28.4 Å². The van der Waals surface area contributed by atoms with Gasteiger partial charge in [-0.05, 0) is 85.6 Å². The molecule has 0 spiro atoms. The van der Waals surface area contributed by atoms with Crippen molar-refractivity contribution < 1.29 is 9.53 Å². The van der Waals surface area contributed by atoms with E-state index in [2.05, 4.69) is 32.1 Å². The maximum atomic E-state index is 13.3. The molecule has 4 aromatic rings. The van der Waals surface area contributed by atoms with Crippen LogP contribution in [0.25, 0.3) is 10.2 Å². The van der Waals surface area contributed by atoms with Crippen molar-refractivity contribution in [2.75, 3.05) is 11.6 Å². The summed E-state index contributed by atoms with van der Waals surface area (Å²) in [5.74, 6) is 0.550. The Labute approximate surface area is 193 Å². The SMILES string of the molecule is CCOc1ccc(/C=N/N(C(=O)c2ccc(Br)cc2)c2nc3ccc(C)cc3s2)cc1. The summed E-state index contributed by atoms with van der Waals surface area (Å²) in [5.41, 5.74) is 3.37. The molecule has 156 valence electrons. The van der Waals surface area contributed by atoms with E-state index in [0.29, 0.717) is 17.3 Å². The fourth-order valence-corrected chi connectivity index (χ4v) is 4.24. The number of anilines is 1. The van der Waals surface area contributed by atoms with Crippen LogP contribution < -0.4 is 9.75 Å². The third kappa shape index (κ3) is 5.00. The number of aryl methyl sites for hydroxylation is 1. The minimum Gasteiger partial charge on any atom is -0.494 e. The van der Waals surface area contributed by atoms with Gasteiger partial charge < -0.3 is 4.74 Å². The maximum Gasteiger partial charge on any atom is 0.280 e. The fourth-order valence-electron chi connectivity index (χ4n) is 2.95. The molecule has 0 atom stereocenters. The number of nitrogens with zero attached hydrogens (tertiary/aromatic N) is 3. The molecule has 5 nitrogen and oxygen atoms in total. The molecule has 31 heavy (non-hydrogen) atoms. The number of amides is 1. The van der Waals surface area contributed by atoms with E-state index in [4.69, 9.17) is 4.74 Å². The highest BCUT2D eigenvalue weighted by molar-refractivity contribution is 9.10. The Hall–Kier alpha value is -3.03. The van der Waals surface area contributed by atoms with Crippen molar-refractivity contribution in [1.82, 2.24) is 4.98 Å². The molecular formula is C24H20BrN3O2S. The summed E-state index contributed by atoms with van der Waals surface area (Å²) >= 11 is 4.85. The van der Waals surface area contributed by atoms with Gasteiger partial charge in [0.1, 0.15) is 5.75 Å². The van der Waals surface area contributed by atoms with Gasteiger partial charge in [-0.15, -0.1) is 0 Å². The van der Waals surface area contributed by atoms with E-state index in [1.54, 1.807) is 18.3 Å². The topological polar surface area (TPSA) is 54.8 Å². The predicted molar refractivity (Wildman–Crippen MR) is 131 cm³/mol. The van der Waals surface area contributed by atoms with Crippen molar-refractivity contribution in [3.05, 3.63) is 87.9 Å². The Balaban J connectivity index is 1.70. The van der Waals surface area contributed by atoms with Crippen molar-refractivity contribution in [2.24, 2.45) is 5.10 Å². The van der Waals surface area contributed by atoms with Crippen LogP contribution in [0.15, 0.2) is 76.3 Å². The van der Waals surface area contributed by atoms with Gasteiger partial charge in [-0.1, -0.05) is 33.3 Å². The quantitative estimate of drug-likeness (QED) is 0.229. The minimum atomic E-state index is -0.245. The molecule has 4 rings (SSSR count). The number of aromatic nitrogens is 1. The molecule has 7 heteroatoms. The molecule has 1 aromatic heterocycles. The number of ether oxygens (including phenoxy) is 1. The van der Waals surface area contributed by atoms with Crippen LogP contribution >= 0.6 is 27.3 Å². The molecular weight excluding hydrogens is 474 g/mol. The van der Waals surface area contributed by atoms with Crippen molar-refractivity contribution in [3.63, 3.8) is 0 Å². The lowest BCUT2D eigenvalue weighted by atomic mass is 10.2. The number of halogens is 1. The molecule has 0 unspecified atom stereocenters. The largest absolute Gasteiger partial charge is 0.494 e. The van der Waals surface area contributed by atoms with Crippen molar-refractivity contribution in [2.45, 2.75) is 13.8 Å². The van der Waals surface area contributed by atoms with E-state index in [9.17, 15) is 4.79 Å². The summed E-state index contributed by atoms with van der Waals surface area (Å²) in [4.78, 5) is 18.0. The first kappa shape index (κ1) is 21.2. The molecule has 0 saturated carbocycles. The van der Waals surface area contributed by atoms with Crippen molar-refractivity contribution in [3.8, 4) is 5.75 Å². The van der Waals surface area contributed by atoms with Crippen LogP contribution in [0.5, 0.6) is 5.75 Å². The van der Waals surface area contributed by atoms with Crippen LogP contribution in [-0.4, -0.2) is 23.7 Å². The van der Waals surface area contributed by atoms with Gasteiger partial charge in [-0.2, -0.15) is 10.1 Å². The summed E-state index contributed by atoms with van der Waals surface area (Å²) < 4.78 is 7.40. The van der Waals surface area contributed by atoms with Crippen LogP contribution in [0.4, 0.5) is 5.13 Å². The number of hydrogen-bond acceptors (Lipinski definition) is 5. The minimum absolute atomic E-state index is 0.245. The zero-order chi connectivity index (χ0) is 21.8. The Kier molecular flexibility index (Phi) is 6.44. The smallest absolute Gasteiger partial charge is 0.280 e. The van der Waals surface area contributed by atoms with Crippen LogP contribution in [0.3, 0.4) is 0 Å². The van der Waals surface area contributed by atoms with E-state index in [0.717, 1.165) is 31.6 Å². The van der Waals surface area contributed by atoms with E-state index in [1.807, 2.05) is 62.4 Å². The maximum absolute atomic E-state index is 13.3. The second-order valence-corrected chi connectivity index (χ2v) is 8.76. The Morgan fingerprint density at radius 1 is 1.13 bits per heavy atom. The van der Waals surface area contributed by atoms with E-state index < -0.39 is 0 Å². The fraction of sp³-hybridized carbons (Fsp3) is 0.125. The number of carbonyl (C=O) groups is 1. The molecule has 0 aliphatic heterocycles. The molecule has 0 saturated heterocycles. The molecule has 0 radical (unpaired) electrons. The summed E-state index contributed by atoms with van der Waals surface area (Å²) in [5, 5.41) is 6.40. The lowest BCUT2D eigenvalue weighted by Gasteiger charge is -2.14. The zero-order valence-electron chi connectivity index (χ0n) is 17.1. The molecule has 1 amide bonds. The van der Waals surface area contributed by atoms with E-state index >= 15 is 0 Å². The van der Waals surface area contributed by atoms with Gasteiger partial charge in [0.15, 0.2) is 0 Å². The molecule has 3 aromatic carbocycles. The van der Waals surface area contributed by atoms with Gasteiger partial charge >= 0.3 is 0 Å². The average Bonchev–Trinajstić information content (AvgIpc) is 3.18. The number of carbonyl (C=O) groups excluding carboxylic acids is 1. The summed E-state index contributed by atoms with van der Waals surface area (Å²) in [6, 6.07) is 20.8. The highest BCUT2D eigenvalue weighted by Gasteiger charge is 2.21. The van der Waals surface area contributed by atoms with Crippen LogP contribution in [0.2, 0.25) is 0 Å². The first-order valence-electron chi connectivity index (χ1n) is 9.77. The first-order valence-corrected chi connectivity index (χ1v) is 11.4. The summed E-state index contributed by atoms with van der Waals surface area (Å²) in [6.07, 6.45) is 1.66. The molecule has 1 heterocycles. The standard InChI is InChI=1S/C24H20BrN3O2S/c1-3-30-20-11-5-17(6-12-20)15-26-28(23(29)18-7-9-19(25)10-8-18)24-27-21-13-4-16(2)14-22(21)31-24/h4-15H,3H2,1-2H3/b26-15+. The molecule has 0 bridgehead atoms. The van der Waals surface area contributed by atoms with Crippen molar-refractivity contribution in [1.29, 1.82) is 0 Å². The number of rotatable bonds is 6. The third-order valence-electron chi connectivity index (χ3n) is 4.51. The highest BCUT2D eigenvalue weighted by Crippen LogP contribution is 2.31. The normalized spacial score (nSPS) is 11.2. The van der Waals surface area contributed by atoms with Gasteiger partial charge in [-0.25, -0.2) is 4.98 Å². The Morgan fingerprint density at radius 3 is 2.58 bits per heavy atom. The van der Waals surface area contributed by atoms with Crippen molar-refractivity contribution >= 4 is 54.7 Å². The third-order valence-corrected chi connectivity index (χ3v) is 6.03. The number of fused-ring (bicyclic) bond motifs is 1. The number of benzene rings is 3. The van der Waals surface area contributed by atoms with Gasteiger partial charge in [0.25, 0.3) is 5.91 Å². The summed E-state index contributed by atoms with van der Waals surface area (Å²) in [7, 11) is 0. The Bertz CT molecular complexity index is 1230. The second-order valence-electron chi connectivity index (χ2n) is 6.84. The number of hydrogen-bond donors (Lipinski definition) is 0. The van der Waals surface area contributed by atoms with Gasteiger partial charge in [0.2, 0.25) is 5.13 Å². The lowest BCUT2D eigenvalue weighted by Crippen LogP contribution is -2.25. The monoisotopic (exact) mass is 493 g/mol. The van der Waals surface area contributed by atoms with Crippen LogP contribution in [0, 0.1) is 6.92 Å². The lowest BCUT2D eigenvalue weighted by molar-refractivity contribution is 0.0988.